The van der Waals surface area contributed by atoms with Crippen LogP contribution in [0, 0.1) is 6.92 Å². The normalized spacial score (nSPS) is 12.4. The second-order valence-corrected chi connectivity index (χ2v) is 9.73. The molecule has 8 nitrogen and oxygen atoms in total. The first-order valence-corrected chi connectivity index (χ1v) is 11.5. The summed E-state index contributed by atoms with van der Waals surface area (Å²) in [5, 5.41) is 10.5. The maximum absolute atomic E-state index is 12.5. The molecule has 2 N–H and O–H groups in total. The summed E-state index contributed by atoms with van der Waals surface area (Å²) in [6.07, 6.45) is 0. The molecule has 0 saturated carbocycles. The molecule has 1 heterocycles. The molecule has 30 heavy (non-hydrogen) atoms. The quantitative estimate of drug-likeness (QED) is 0.491. The van der Waals surface area contributed by atoms with Crippen LogP contribution in [0.15, 0.2) is 52.9 Å². The van der Waals surface area contributed by atoms with Crippen molar-refractivity contribution in [3.63, 3.8) is 0 Å². The van der Waals surface area contributed by atoms with Crippen molar-refractivity contribution in [2.75, 3.05) is 11.9 Å². The van der Waals surface area contributed by atoms with Crippen LogP contribution in [0.25, 0.3) is 0 Å². The Morgan fingerprint density at radius 1 is 1.17 bits per heavy atom. The van der Waals surface area contributed by atoms with E-state index in [1.165, 1.54) is 0 Å². The number of ether oxygens (including phenoxy) is 1. The van der Waals surface area contributed by atoms with Crippen molar-refractivity contribution in [1.82, 2.24) is 14.9 Å². The fourth-order valence-electron chi connectivity index (χ4n) is 2.42. The Hall–Kier alpha value is -2.53. The first kappa shape index (κ1) is 22.2. The number of halogens is 1. The smallest absolute Gasteiger partial charge is 0.270 e. The molecular weight excluding hydrogens is 448 g/mol. The number of nitrogens with one attached hydrogen (secondary N) is 2. The molecule has 1 aromatic heterocycles. The van der Waals surface area contributed by atoms with E-state index in [1.807, 2.05) is 31.2 Å². The number of aromatic nitrogens is 2. The van der Waals surface area contributed by atoms with Gasteiger partial charge in [0.1, 0.15) is 12.4 Å². The van der Waals surface area contributed by atoms with Gasteiger partial charge >= 0.3 is 0 Å². The van der Waals surface area contributed by atoms with Gasteiger partial charge in [0, 0.05) is 10.6 Å². The van der Waals surface area contributed by atoms with Gasteiger partial charge in [0.2, 0.25) is 9.47 Å². The Labute approximate surface area is 183 Å². The van der Waals surface area contributed by atoms with Crippen molar-refractivity contribution >= 4 is 44.0 Å². The molecule has 0 radical (unpaired) electrons. The standard InChI is InChI=1S/C19H19ClN4O4S2/c1-12-5-3-4-6-16(12)28-11-13(2)24-30(26,27)19-23-22-18(29-19)21-17(25)14-7-9-15(20)10-8-14/h3-10,13,24H,11H2,1-2H3,(H,21,22,25)/t13-/m1/s1. The number of benzene rings is 2. The molecule has 0 fully saturated rings. The largest absolute Gasteiger partial charge is 0.492 e. The van der Waals surface area contributed by atoms with Gasteiger partial charge in [-0.2, -0.15) is 0 Å². The van der Waals surface area contributed by atoms with Crippen molar-refractivity contribution in [1.29, 1.82) is 0 Å². The van der Waals surface area contributed by atoms with Crippen LogP contribution in [0.2, 0.25) is 5.02 Å². The number of carbonyl (C=O) groups is 1. The highest BCUT2D eigenvalue weighted by atomic mass is 35.5. The zero-order valence-electron chi connectivity index (χ0n) is 16.1. The lowest BCUT2D eigenvalue weighted by molar-refractivity contribution is 0.102. The zero-order valence-corrected chi connectivity index (χ0v) is 18.5. The van der Waals surface area contributed by atoms with Gasteiger partial charge in [0.25, 0.3) is 15.9 Å². The first-order valence-electron chi connectivity index (χ1n) is 8.86. The zero-order chi connectivity index (χ0) is 21.7. The number of para-hydroxylation sites is 1. The third-order valence-corrected chi connectivity index (χ3v) is 6.95. The van der Waals surface area contributed by atoms with E-state index in [4.69, 9.17) is 16.3 Å². The predicted molar refractivity (Wildman–Crippen MR) is 116 cm³/mol. The Kier molecular flexibility index (Phi) is 7.03. The molecule has 0 aliphatic heterocycles. The SMILES string of the molecule is Cc1ccccc1OC[C@@H](C)NS(=O)(=O)c1nnc(NC(=O)c2ccc(Cl)cc2)s1. The van der Waals surface area contributed by atoms with Crippen LogP contribution in [0.4, 0.5) is 5.13 Å². The third kappa shape index (κ3) is 5.76. The number of rotatable bonds is 8. The maximum atomic E-state index is 12.5. The number of carbonyl (C=O) groups excluding carboxylic acids is 1. The van der Waals surface area contributed by atoms with Crippen molar-refractivity contribution < 1.29 is 17.9 Å². The molecule has 0 aliphatic rings. The second-order valence-electron chi connectivity index (χ2n) is 6.43. The molecule has 0 unspecified atom stereocenters. The van der Waals surface area contributed by atoms with E-state index in [0.717, 1.165) is 16.9 Å². The lowest BCUT2D eigenvalue weighted by Crippen LogP contribution is -2.36. The average molecular weight is 467 g/mol. The topological polar surface area (TPSA) is 110 Å². The van der Waals surface area contributed by atoms with Crippen molar-refractivity contribution in [3.05, 3.63) is 64.7 Å². The Bertz CT molecular complexity index is 1130. The Balaban J connectivity index is 1.59. The number of sulfonamides is 1. The predicted octanol–water partition coefficient (Wildman–Crippen LogP) is 3.50. The van der Waals surface area contributed by atoms with Gasteiger partial charge in [-0.15, -0.1) is 10.2 Å². The minimum Gasteiger partial charge on any atom is -0.492 e. The molecule has 11 heteroatoms. The first-order chi connectivity index (χ1) is 14.2. The molecule has 0 saturated heterocycles. The fourth-order valence-corrected chi connectivity index (χ4v) is 4.69. The number of nitrogens with zero attached hydrogens (tertiary/aromatic N) is 2. The highest BCUT2D eigenvalue weighted by molar-refractivity contribution is 7.91. The van der Waals surface area contributed by atoms with Crippen LogP contribution >= 0.6 is 22.9 Å². The maximum Gasteiger partial charge on any atom is 0.270 e. The minimum absolute atomic E-state index is 0.0686. The fraction of sp³-hybridized carbons (Fsp3) is 0.211. The van der Waals surface area contributed by atoms with E-state index in [-0.39, 0.29) is 16.1 Å². The molecule has 3 rings (SSSR count). The highest BCUT2D eigenvalue weighted by Crippen LogP contribution is 2.21. The van der Waals surface area contributed by atoms with E-state index in [0.29, 0.717) is 16.3 Å². The van der Waals surface area contributed by atoms with E-state index in [1.54, 1.807) is 31.2 Å². The number of aryl methyl sites for hydroxylation is 1. The van der Waals surface area contributed by atoms with Gasteiger partial charge in [-0.25, -0.2) is 13.1 Å². The summed E-state index contributed by atoms with van der Waals surface area (Å²) in [4.78, 5) is 12.2. The number of hydrogen-bond acceptors (Lipinski definition) is 7. The van der Waals surface area contributed by atoms with Crippen LogP contribution in [0.1, 0.15) is 22.8 Å². The summed E-state index contributed by atoms with van der Waals surface area (Å²) in [6, 6.07) is 13.2. The number of amides is 1. The molecule has 3 aromatic rings. The summed E-state index contributed by atoms with van der Waals surface area (Å²) in [7, 11) is -3.91. The lowest BCUT2D eigenvalue weighted by Gasteiger charge is -2.15. The van der Waals surface area contributed by atoms with Crippen molar-refractivity contribution in [2.24, 2.45) is 0 Å². The van der Waals surface area contributed by atoms with E-state index >= 15 is 0 Å². The van der Waals surface area contributed by atoms with E-state index in [9.17, 15) is 13.2 Å². The molecule has 2 aromatic carbocycles. The van der Waals surface area contributed by atoms with E-state index in [2.05, 4.69) is 20.2 Å². The van der Waals surface area contributed by atoms with Gasteiger partial charge in [0.05, 0.1) is 6.04 Å². The van der Waals surface area contributed by atoms with Gasteiger partial charge in [-0.1, -0.05) is 41.1 Å². The van der Waals surface area contributed by atoms with Crippen LogP contribution in [-0.2, 0) is 10.0 Å². The van der Waals surface area contributed by atoms with Crippen LogP contribution in [-0.4, -0.2) is 37.2 Å². The summed E-state index contributed by atoms with van der Waals surface area (Å²) in [5.74, 6) is 0.242. The second kappa shape index (κ2) is 9.52. The Morgan fingerprint density at radius 2 is 1.87 bits per heavy atom. The van der Waals surface area contributed by atoms with Gasteiger partial charge in [0.15, 0.2) is 0 Å². The highest BCUT2D eigenvalue weighted by Gasteiger charge is 2.23. The average Bonchev–Trinajstić information content (AvgIpc) is 3.17. The van der Waals surface area contributed by atoms with Crippen LogP contribution < -0.4 is 14.8 Å². The van der Waals surface area contributed by atoms with Gasteiger partial charge in [-0.3, -0.25) is 10.1 Å². The number of anilines is 1. The Morgan fingerprint density at radius 3 is 2.57 bits per heavy atom. The summed E-state index contributed by atoms with van der Waals surface area (Å²) >= 11 is 6.56. The summed E-state index contributed by atoms with van der Waals surface area (Å²) in [5.41, 5.74) is 1.32. The van der Waals surface area contributed by atoms with Crippen LogP contribution in [0.5, 0.6) is 5.75 Å². The molecule has 1 atom stereocenters. The summed E-state index contributed by atoms with van der Waals surface area (Å²) in [6.45, 7) is 3.73. The molecule has 0 aliphatic carbocycles. The van der Waals surface area contributed by atoms with Crippen LogP contribution in [0.3, 0.4) is 0 Å². The molecule has 158 valence electrons. The minimum atomic E-state index is -3.91. The number of hydrogen-bond donors (Lipinski definition) is 2. The summed E-state index contributed by atoms with van der Waals surface area (Å²) < 4.78 is 33.0. The van der Waals surface area contributed by atoms with Gasteiger partial charge in [-0.05, 0) is 49.7 Å². The van der Waals surface area contributed by atoms with Gasteiger partial charge < -0.3 is 4.74 Å². The van der Waals surface area contributed by atoms with Crippen molar-refractivity contribution in [2.45, 2.75) is 24.2 Å². The molecule has 1 amide bonds. The third-order valence-electron chi connectivity index (χ3n) is 3.90. The molecule has 0 spiro atoms. The molecular formula is C19H19ClN4O4S2. The van der Waals surface area contributed by atoms with E-state index < -0.39 is 22.0 Å². The monoisotopic (exact) mass is 466 g/mol. The lowest BCUT2D eigenvalue weighted by atomic mass is 10.2. The molecule has 0 bridgehead atoms. The van der Waals surface area contributed by atoms with Crippen molar-refractivity contribution in [3.8, 4) is 5.75 Å².